The molecular weight excluding hydrogens is 354 g/mol. The van der Waals surface area contributed by atoms with E-state index in [-0.39, 0.29) is 16.4 Å². The van der Waals surface area contributed by atoms with Crippen molar-refractivity contribution in [3.63, 3.8) is 0 Å². The Labute approximate surface area is 151 Å². The fourth-order valence-electron chi connectivity index (χ4n) is 2.51. The fourth-order valence-corrected chi connectivity index (χ4v) is 3.46. The van der Waals surface area contributed by atoms with E-state index in [1.165, 1.54) is 26.2 Å². The van der Waals surface area contributed by atoms with Gasteiger partial charge in [-0.3, -0.25) is 9.20 Å². The zero-order chi connectivity index (χ0) is 18.9. The number of hydrogen-bond acceptors (Lipinski definition) is 5. The van der Waals surface area contributed by atoms with Crippen LogP contribution in [-0.2, 0) is 10.0 Å². The number of nitrogens with one attached hydrogen (secondary N) is 1. The maximum Gasteiger partial charge on any atom is 0.251 e. The molecule has 0 saturated carbocycles. The van der Waals surface area contributed by atoms with E-state index in [0.29, 0.717) is 11.5 Å². The molecule has 0 aliphatic heterocycles. The minimum Gasteiger partial charge on any atom is -0.342 e. The van der Waals surface area contributed by atoms with E-state index in [9.17, 15) is 13.2 Å². The molecule has 0 aliphatic rings. The normalized spacial score (nSPS) is 13.1. The molecule has 3 rings (SSSR count). The smallest absolute Gasteiger partial charge is 0.251 e. The first-order valence-electron chi connectivity index (χ1n) is 7.94. The number of fused-ring (bicyclic) bond motifs is 1. The van der Waals surface area contributed by atoms with Gasteiger partial charge in [-0.2, -0.15) is 0 Å². The van der Waals surface area contributed by atoms with Crippen molar-refractivity contribution in [2.24, 2.45) is 0 Å². The monoisotopic (exact) mass is 373 g/mol. The molecule has 1 amide bonds. The minimum absolute atomic E-state index is 0.0655. The SMILES string of the molecule is CC(NC(=O)c1cccc(S(=O)(=O)N(C)C)c1)c1nnc2ccccn12. The first kappa shape index (κ1) is 18.0. The van der Waals surface area contributed by atoms with E-state index in [4.69, 9.17) is 0 Å². The Balaban J connectivity index is 1.84. The Bertz CT molecular complexity index is 1060. The number of carbonyl (C=O) groups excluding carboxylic acids is 1. The van der Waals surface area contributed by atoms with E-state index in [1.807, 2.05) is 24.4 Å². The molecule has 0 spiro atoms. The molecule has 1 atom stereocenters. The summed E-state index contributed by atoms with van der Waals surface area (Å²) in [7, 11) is -0.717. The summed E-state index contributed by atoms with van der Waals surface area (Å²) < 4.78 is 27.4. The number of aromatic nitrogens is 3. The van der Waals surface area contributed by atoms with Crippen LogP contribution in [0.1, 0.15) is 29.1 Å². The molecule has 8 nitrogen and oxygen atoms in total. The predicted octanol–water partition coefficient (Wildman–Crippen LogP) is 1.47. The standard InChI is InChI=1S/C17H19N5O3S/c1-12(16-20-19-15-9-4-5-10-22(15)16)18-17(23)13-7-6-8-14(11-13)26(24,25)21(2)3/h4-12H,1-3H3,(H,18,23). The van der Waals surface area contributed by atoms with Crippen LogP contribution in [0.25, 0.3) is 5.65 Å². The van der Waals surface area contributed by atoms with Crippen LogP contribution in [0.3, 0.4) is 0 Å². The number of pyridine rings is 1. The average molecular weight is 373 g/mol. The third-order valence-electron chi connectivity index (χ3n) is 3.95. The Morgan fingerprint density at radius 3 is 2.65 bits per heavy atom. The number of hydrogen-bond donors (Lipinski definition) is 1. The molecule has 2 heterocycles. The van der Waals surface area contributed by atoms with Gasteiger partial charge in [-0.05, 0) is 37.3 Å². The van der Waals surface area contributed by atoms with Gasteiger partial charge in [0.15, 0.2) is 11.5 Å². The number of nitrogens with zero attached hydrogens (tertiary/aromatic N) is 4. The van der Waals surface area contributed by atoms with Crippen LogP contribution >= 0.6 is 0 Å². The summed E-state index contributed by atoms with van der Waals surface area (Å²) >= 11 is 0. The molecule has 136 valence electrons. The molecule has 1 N–H and O–H groups in total. The molecule has 2 aromatic heterocycles. The lowest BCUT2D eigenvalue weighted by molar-refractivity contribution is 0.0938. The van der Waals surface area contributed by atoms with Crippen molar-refractivity contribution in [2.75, 3.05) is 14.1 Å². The summed E-state index contributed by atoms with van der Waals surface area (Å²) in [6.07, 6.45) is 1.82. The summed E-state index contributed by atoms with van der Waals surface area (Å²) in [5, 5.41) is 11.0. The third-order valence-corrected chi connectivity index (χ3v) is 5.76. The van der Waals surface area contributed by atoms with Crippen molar-refractivity contribution in [2.45, 2.75) is 17.9 Å². The largest absolute Gasteiger partial charge is 0.342 e. The Morgan fingerprint density at radius 1 is 1.15 bits per heavy atom. The highest BCUT2D eigenvalue weighted by Crippen LogP contribution is 2.17. The van der Waals surface area contributed by atoms with Crippen molar-refractivity contribution in [3.05, 3.63) is 60.0 Å². The highest BCUT2D eigenvalue weighted by Gasteiger charge is 2.20. The quantitative estimate of drug-likeness (QED) is 0.730. The number of rotatable bonds is 5. The van der Waals surface area contributed by atoms with Crippen molar-refractivity contribution < 1.29 is 13.2 Å². The predicted molar refractivity (Wildman–Crippen MR) is 96.2 cm³/mol. The molecule has 3 aromatic rings. The summed E-state index contributed by atoms with van der Waals surface area (Å²) in [5.74, 6) is 0.201. The van der Waals surface area contributed by atoms with E-state index >= 15 is 0 Å². The summed E-state index contributed by atoms with van der Waals surface area (Å²) in [5.41, 5.74) is 0.941. The lowest BCUT2D eigenvalue weighted by Gasteiger charge is -2.14. The highest BCUT2D eigenvalue weighted by molar-refractivity contribution is 7.89. The lowest BCUT2D eigenvalue weighted by atomic mass is 10.2. The van der Waals surface area contributed by atoms with Crippen molar-refractivity contribution in [1.82, 2.24) is 24.2 Å². The maximum atomic E-state index is 12.6. The summed E-state index contributed by atoms with van der Waals surface area (Å²) in [6.45, 7) is 1.79. The van der Waals surface area contributed by atoms with Crippen LogP contribution in [-0.4, -0.2) is 47.3 Å². The Kier molecular flexibility index (Phi) is 4.75. The van der Waals surface area contributed by atoms with Crippen LogP contribution in [0.15, 0.2) is 53.6 Å². The van der Waals surface area contributed by atoms with Crippen molar-refractivity contribution in [3.8, 4) is 0 Å². The third kappa shape index (κ3) is 3.31. The minimum atomic E-state index is -3.61. The molecule has 1 aromatic carbocycles. The van der Waals surface area contributed by atoms with Crippen LogP contribution in [0.2, 0.25) is 0 Å². The van der Waals surface area contributed by atoms with Gasteiger partial charge >= 0.3 is 0 Å². The van der Waals surface area contributed by atoms with Gasteiger partial charge in [-0.1, -0.05) is 12.1 Å². The first-order chi connectivity index (χ1) is 12.3. The van der Waals surface area contributed by atoms with Gasteiger partial charge in [0, 0.05) is 25.9 Å². The Hall–Kier alpha value is -2.78. The second-order valence-corrected chi connectivity index (χ2v) is 8.15. The molecule has 1 unspecified atom stereocenters. The number of sulfonamides is 1. The Morgan fingerprint density at radius 2 is 1.92 bits per heavy atom. The molecule has 0 aliphatic carbocycles. The van der Waals surface area contributed by atoms with Gasteiger partial charge in [-0.25, -0.2) is 12.7 Å². The van der Waals surface area contributed by atoms with Gasteiger partial charge in [0.1, 0.15) is 0 Å². The molecule has 9 heteroatoms. The fraction of sp³-hybridized carbons (Fsp3) is 0.235. The van der Waals surface area contributed by atoms with Crippen LogP contribution in [0.5, 0.6) is 0 Å². The molecule has 26 heavy (non-hydrogen) atoms. The van der Waals surface area contributed by atoms with Crippen molar-refractivity contribution in [1.29, 1.82) is 0 Å². The molecule has 0 radical (unpaired) electrons. The van der Waals surface area contributed by atoms with Crippen LogP contribution in [0, 0.1) is 0 Å². The van der Waals surface area contributed by atoms with E-state index in [2.05, 4.69) is 15.5 Å². The second kappa shape index (κ2) is 6.85. The van der Waals surface area contributed by atoms with Gasteiger partial charge in [0.05, 0.1) is 10.9 Å². The van der Waals surface area contributed by atoms with E-state index in [0.717, 1.165) is 4.31 Å². The first-order valence-corrected chi connectivity index (χ1v) is 9.38. The van der Waals surface area contributed by atoms with Gasteiger partial charge in [0.2, 0.25) is 10.0 Å². The lowest BCUT2D eigenvalue weighted by Crippen LogP contribution is -2.28. The number of carbonyl (C=O) groups is 1. The number of benzene rings is 1. The molecule has 0 fully saturated rings. The molecular formula is C17H19N5O3S. The second-order valence-electron chi connectivity index (χ2n) is 6.00. The highest BCUT2D eigenvalue weighted by atomic mass is 32.2. The summed E-state index contributed by atoms with van der Waals surface area (Å²) in [6, 6.07) is 11.1. The van der Waals surface area contributed by atoms with E-state index < -0.39 is 16.1 Å². The topological polar surface area (TPSA) is 96.7 Å². The maximum absolute atomic E-state index is 12.6. The van der Waals surface area contributed by atoms with Crippen LogP contribution in [0.4, 0.5) is 0 Å². The average Bonchev–Trinajstić information content (AvgIpc) is 3.05. The zero-order valence-electron chi connectivity index (χ0n) is 14.6. The summed E-state index contributed by atoms with van der Waals surface area (Å²) in [4.78, 5) is 12.6. The van der Waals surface area contributed by atoms with Crippen molar-refractivity contribution >= 4 is 21.6 Å². The zero-order valence-corrected chi connectivity index (χ0v) is 15.4. The van der Waals surface area contributed by atoms with E-state index in [1.54, 1.807) is 23.5 Å². The molecule has 0 saturated heterocycles. The van der Waals surface area contributed by atoms with Gasteiger partial charge in [0.25, 0.3) is 5.91 Å². The molecule has 0 bridgehead atoms. The number of amides is 1. The van der Waals surface area contributed by atoms with Gasteiger partial charge < -0.3 is 5.32 Å². The van der Waals surface area contributed by atoms with Gasteiger partial charge in [-0.15, -0.1) is 10.2 Å². The van der Waals surface area contributed by atoms with Crippen LogP contribution < -0.4 is 5.32 Å².